The zero-order valence-electron chi connectivity index (χ0n) is 14.7. The zero-order valence-corrected chi connectivity index (χ0v) is 14.7. The maximum absolute atomic E-state index is 12.3. The van der Waals surface area contributed by atoms with Crippen LogP contribution in [0.1, 0.15) is 26.7 Å². The number of carbonyl (C=O) groups excluding carboxylic acids is 3. The fourth-order valence-electron chi connectivity index (χ4n) is 4.17. The van der Waals surface area contributed by atoms with Gasteiger partial charge in [-0.1, -0.05) is 0 Å². The molecule has 25 heavy (non-hydrogen) atoms. The van der Waals surface area contributed by atoms with Crippen molar-refractivity contribution in [2.75, 3.05) is 19.6 Å². The highest BCUT2D eigenvalue weighted by molar-refractivity contribution is 5.83. The Kier molecular flexibility index (Phi) is 5.06. The number of rotatable bonds is 4. The van der Waals surface area contributed by atoms with Crippen LogP contribution in [0.15, 0.2) is 18.5 Å². The number of amides is 3. The van der Waals surface area contributed by atoms with E-state index in [1.54, 1.807) is 13.1 Å². The van der Waals surface area contributed by atoms with Gasteiger partial charge in [-0.05, 0) is 24.8 Å². The summed E-state index contributed by atoms with van der Waals surface area (Å²) in [6, 6.07) is 2.17. The Morgan fingerprint density at radius 1 is 1.28 bits per heavy atom. The van der Waals surface area contributed by atoms with Crippen LogP contribution in [0.2, 0.25) is 0 Å². The molecule has 2 aliphatic rings. The summed E-state index contributed by atoms with van der Waals surface area (Å²) in [4.78, 5) is 39.3. The number of hydrogen-bond acceptors (Lipinski definition) is 4. The van der Waals surface area contributed by atoms with Crippen LogP contribution in [0.5, 0.6) is 0 Å². The van der Waals surface area contributed by atoms with Crippen LogP contribution in [-0.4, -0.2) is 69.0 Å². The van der Waals surface area contributed by atoms with Crippen LogP contribution in [0, 0.1) is 5.92 Å². The Hall–Kier alpha value is -2.38. The summed E-state index contributed by atoms with van der Waals surface area (Å²) in [5, 5.41) is 6.81. The lowest BCUT2D eigenvalue weighted by Gasteiger charge is -2.38. The summed E-state index contributed by atoms with van der Waals surface area (Å²) in [5.74, 6) is 0.104. The molecule has 0 saturated carbocycles. The van der Waals surface area contributed by atoms with Crippen molar-refractivity contribution in [3.8, 4) is 0 Å². The second-order valence-corrected chi connectivity index (χ2v) is 6.91. The number of nitrogens with one attached hydrogen (secondary N) is 1. The maximum atomic E-state index is 12.3. The molecule has 0 unspecified atom stereocenters. The van der Waals surface area contributed by atoms with E-state index in [0.717, 1.165) is 12.8 Å². The SMILES string of the molecule is CC(=O)NCC(=O)N1CC[C@@H]2[C@@H](C[C@H](Cn3cccn3)N2C(C)=O)C1. The fraction of sp³-hybridized carbons (Fsp3) is 0.647. The van der Waals surface area contributed by atoms with Gasteiger partial charge in [0.2, 0.25) is 17.7 Å². The lowest BCUT2D eigenvalue weighted by molar-refractivity contribution is -0.136. The van der Waals surface area contributed by atoms with E-state index in [1.165, 1.54) is 6.92 Å². The highest BCUT2D eigenvalue weighted by Gasteiger charge is 2.45. The molecule has 3 amide bonds. The normalized spacial score (nSPS) is 25.6. The molecule has 2 aliphatic heterocycles. The minimum atomic E-state index is -0.203. The smallest absolute Gasteiger partial charge is 0.241 e. The Morgan fingerprint density at radius 3 is 2.72 bits per heavy atom. The summed E-state index contributed by atoms with van der Waals surface area (Å²) in [7, 11) is 0. The predicted octanol–water partition coefficient (Wildman–Crippen LogP) is -0.143. The molecule has 0 aliphatic carbocycles. The molecule has 0 spiro atoms. The summed E-state index contributed by atoms with van der Waals surface area (Å²) >= 11 is 0. The average Bonchev–Trinajstić information content (AvgIpc) is 3.18. The van der Waals surface area contributed by atoms with E-state index in [2.05, 4.69) is 10.4 Å². The van der Waals surface area contributed by atoms with Crippen LogP contribution < -0.4 is 5.32 Å². The highest BCUT2D eigenvalue weighted by Crippen LogP contribution is 2.36. The van der Waals surface area contributed by atoms with Gasteiger partial charge >= 0.3 is 0 Å². The standard InChI is InChI=1S/C17H25N5O3/c1-12(23)18-9-17(25)20-7-4-16-14(10-20)8-15(22(16)13(2)24)11-21-6-3-5-19-21/h3,5-6,14-16H,4,7-11H2,1-2H3,(H,18,23)/t14-,15+,16+/m0/s1. The third kappa shape index (κ3) is 3.83. The van der Waals surface area contributed by atoms with Crippen LogP contribution in [-0.2, 0) is 20.9 Å². The van der Waals surface area contributed by atoms with Crippen molar-refractivity contribution in [1.82, 2.24) is 24.9 Å². The molecule has 0 bridgehead atoms. The number of likely N-dealkylation sites (tertiary alicyclic amines) is 2. The molecule has 136 valence electrons. The monoisotopic (exact) mass is 347 g/mol. The molecule has 3 heterocycles. The van der Waals surface area contributed by atoms with Crippen LogP contribution in [0.4, 0.5) is 0 Å². The van der Waals surface area contributed by atoms with Gasteiger partial charge in [0, 0.05) is 45.4 Å². The minimum absolute atomic E-state index is 0.0415. The van der Waals surface area contributed by atoms with Gasteiger partial charge in [0.15, 0.2) is 0 Å². The number of hydrogen-bond donors (Lipinski definition) is 1. The van der Waals surface area contributed by atoms with E-state index in [1.807, 2.05) is 26.7 Å². The molecule has 1 aromatic rings. The first-order chi connectivity index (χ1) is 12.0. The fourth-order valence-corrected chi connectivity index (χ4v) is 4.17. The van der Waals surface area contributed by atoms with Gasteiger partial charge in [0.1, 0.15) is 0 Å². The van der Waals surface area contributed by atoms with Crippen molar-refractivity contribution in [2.24, 2.45) is 5.92 Å². The summed E-state index contributed by atoms with van der Waals surface area (Å²) in [6.07, 6.45) is 5.30. The Bertz CT molecular complexity index is 645. The third-order valence-electron chi connectivity index (χ3n) is 5.18. The predicted molar refractivity (Wildman–Crippen MR) is 90.3 cm³/mol. The summed E-state index contributed by atoms with van der Waals surface area (Å²) < 4.78 is 1.86. The van der Waals surface area contributed by atoms with E-state index < -0.39 is 0 Å². The van der Waals surface area contributed by atoms with E-state index in [4.69, 9.17) is 0 Å². The van der Waals surface area contributed by atoms with Crippen molar-refractivity contribution in [2.45, 2.75) is 45.3 Å². The molecule has 8 nitrogen and oxygen atoms in total. The van der Waals surface area contributed by atoms with E-state index in [9.17, 15) is 14.4 Å². The average molecular weight is 347 g/mol. The summed E-state index contributed by atoms with van der Waals surface area (Å²) in [5.41, 5.74) is 0. The Balaban J connectivity index is 1.65. The topological polar surface area (TPSA) is 87.5 Å². The van der Waals surface area contributed by atoms with Crippen molar-refractivity contribution < 1.29 is 14.4 Å². The van der Waals surface area contributed by atoms with Gasteiger partial charge in [-0.3, -0.25) is 19.1 Å². The second kappa shape index (κ2) is 7.25. The second-order valence-electron chi connectivity index (χ2n) is 6.91. The van der Waals surface area contributed by atoms with Crippen molar-refractivity contribution >= 4 is 17.7 Å². The van der Waals surface area contributed by atoms with E-state index in [0.29, 0.717) is 19.6 Å². The molecule has 3 atom stereocenters. The molecule has 3 rings (SSSR count). The molecule has 8 heteroatoms. The Labute approximate surface area is 147 Å². The van der Waals surface area contributed by atoms with E-state index >= 15 is 0 Å². The van der Waals surface area contributed by atoms with Crippen molar-refractivity contribution in [3.63, 3.8) is 0 Å². The number of piperidine rings is 1. The number of aromatic nitrogens is 2. The number of carbonyl (C=O) groups is 3. The first kappa shape index (κ1) is 17.4. The minimum Gasteiger partial charge on any atom is -0.347 e. The molecular weight excluding hydrogens is 322 g/mol. The first-order valence-corrected chi connectivity index (χ1v) is 8.74. The molecule has 1 N–H and O–H groups in total. The van der Waals surface area contributed by atoms with Gasteiger partial charge in [-0.25, -0.2) is 0 Å². The highest BCUT2D eigenvalue weighted by atomic mass is 16.2. The van der Waals surface area contributed by atoms with Crippen molar-refractivity contribution in [3.05, 3.63) is 18.5 Å². The van der Waals surface area contributed by atoms with Crippen LogP contribution in [0.3, 0.4) is 0 Å². The third-order valence-corrected chi connectivity index (χ3v) is 5.18. The van der Waals surface area contributed by atoms with Crippen LogP contribution in [0.25, 0.3) is 0 Å². The Morgan fingerprint density at radius 2 is 2.08 bits per heavy atom. The molecule has 0 aromatic carbocycles. The lowest BCUT2D eigenvalue weighted by Crippen LogP contribution is -2.51. The summed E-state index contributed by atoms with van der Waals surface area (Å²) in [6.45, 7) is 5.01. The van der Waals surface area contributed by atoms with Gasteiger partial charge in [-0.15, -0.1) is 0 Å². The number of nitrogens with zero attached hydrogens (tertiary/aromatic N) is 4. The van der Waals surface area contributed by atoms with Crippen LogP contribution >= 0.6 is 0 Å². The molecular formula is C17H25N5O3. The molecule has 2 saturated heterocycles. The van der Waals surface area contributed by atoms with Gasteiger partial charge in [-0.2, -0.15) is 5.10 Å². The quantitative estimate of drug-likeness (QED) is 0.821. The van der Waals surface area contributed by atoms with E-state index in [-0.39, 0.29) is 42.3 Å². The molecule has 1 aromatic heterocycles. The maximum Gasteiger partial charge on any atom is 0.241 e. The first-order valence-electron chi connectivity index (χ1n) is 8.74. The van der Waals surface area contributed by atoms with Crippen molar-refractivity contribution in [1.29, 1.82) is 0 Å². The molecule has 0 radical (unpaired) electrons. The molecule has 2 fully saturated rings. The van der Waals surface area contributed by atoms with Gasteiger partial charge < -0.3 is 15.1 Å². The van der Waals surface area contributed by atoms with Gasteiger partial charge in [0.25, 0.3) is 0 Å². The lowest BCUT2D eigenvalue weighted by atomic mass is 9.92. The zero-order chi connectivity index (χ0) is 18.0. The number of fused-ring (bicyclic) bond motifs is 1. The largest absolute Gasteiger partial charge is 0.347 e. The van der Waals surface area contributed by atoms with Gasteiger partial charge in [0.05, 0.1) is 19.1 Å².